The molecule has 0 aliphatic carbocycles. The van der Waals surface area contributed by atoms with Crippen molar-refractivity contribution in [3.8, 4) is 0 Å². The molecule has 0 aliphatic rings. The molecule has 150 valence electrons. The third kappa shape index (κ3) is 6.82. The van der Waals surface area contributed by atoms with Crippen LogP contribution in [-0.4, -0.2) is 25.4 Å². The third-order valence-corrected chi connectivity index (χ3v) is 5.24. The lowest BCUT2D eigenvalue weighted by Crippen LogP contribution is -2.36. The summed E-state index contributed by atoms with van der Waals surface area (Å²) >= 11 is 0. The van der Waals surface area contributed by atoms with Gasteiger partial charge < -0.3 is 5.32 Å². The van der Waals surface area contributed by atoms with Crippen LogP contribution in [-0.2, 0) is 21.2 Å². The highest BCUT2D eigenvalue weighted by Crippen LogP contribution is 2.28. The molecule has 0 radical (unpaired) electrons. The van der Waals surface area contributed by atoms with Crippen molar-refractivity contribution in [1.82, 2.24) is 10.0 Å². The molecule has 0 aromatic heterocycles. The summed E-state index contributed by atoms with van der Waals surface area (Å²) in [5.41, 5.74) is 2.92. The molecule has 0 aliphatic heterocycles. The fourth-order valence-electron chi connectivity index (χ4n) is 2.72. The number of carbonyl (C=O) groups is 1. The maximum Gasteiger partial charge on any atom is 0.280 e. The summed E-state index contributed by atoms with van der Waals surface area (Å²) in [5, 5.41) is 9.92. The van der Waals surface area contributed by atoms with E-state index in [9.17, 15) is 13.2 Å². The Morgan fingerprint density at radius 1 is 1.07 bits per heavy atom. The van der Waals surface area contributed by atoms with Gasteiger partial charge in [-0.15, -0.1) is 0 Å². The monoisotopic (exact) mass is 393 g/mol. The van der Waals surface area contributed by atoms with E-state index in [1.807, 2.05) is 64.5 Å². The minimum absolute atomic E-state index is 0.0394. The third-order valence-electron chi connectivity index (χ3n) is 4.03. The first-order chi connectivity index (χ1) is 12.5. The number of carbonyl (C=O) groups excluding carboxylic acids is 1. The maximum atomic E-state index is 12.4. The van der Waals surface area contributed by atoms with Crippen molar-refractivity contribution in [3.63, 3.8) is 0 Å². The second-order valence-electron chi connectivity index (χ2n) is 7.45. The van der Waals surface area contributed by atoms with E-state index in [-0.39, 0.29) is 24.3 Å². The Hall–Kier alpha value is -2.15. The summed E-state index contributed by atoms with van der Waals surface area (Å²) in [4.78, 5) is 12.4. The van der Waals surface area contributed by atoms with Crippen molar-refractivity contribution >= 4 is 21.0 Å². The Balaban J connectivity index is 3.00. The molecule has 1 amide bonds. The van der Waals surface area contributed by atoms with E-state index in [2.05, 4.69) is 5.32 Å². The van der Waals surface area contributed by atoms with Crippen molar-refractivity contribution in [1.29, 1.82) is 5.41 Å². The van der Waals surface area contributed by atoms with Gasteiger partial charge in [0, 0.05) is 6.04 Å². The van der Waals surface area contributed by atoms with Gasteiger partial charge in [-0.05, 0) is 54.6 Å². The number of hydrogen-bond donors (Lipinski definition) is 3. The predicted molar refractivity (Wildman–Crippen MR) is 111 cm³/mol. The Bertz CT molecular complexity index is 784. The fourth-order valence-corrected chi connectivity index (χ4v) is 3.45. The average molecular weight is 394 g/mol. The zero-order chi connectivity index (χ0) is 20.8. The van der Waals surface area contributed by atoms with Crippen molar-refractivity contribution in [2.24, 2.45) is 0 Å². The topological polar surface area (TPSA) is 99.1 Å². The van der Waals surface area contributed by atoms with Crippen LogP contribution in [0.4, 0.5) is 0 Å². The lowest BCUT2D eigenvalue weighted by Gasteiger charge is -2.19. The second-order valence-corrected chi connectivity index (χ2v) is 9.10. The van der Waals surface area contributed by atoms with Crippen LogP contribution in [0.1, 0.15) is 70.1 Å². The van der Waals surface area contributed by atoms with Gasteiger partial charge in [-0.25, -0.2) is 4.72 Å². The highest BCUT2D eigenvalue weighted by molar-refractivity contribution is 8.05. The van der Waals surface area contributed by atoms with E-state index in [0.29, 0.717) is 0 Å². The largest absolute Gasteiger partial charge is 0.389 e. The van der Waals surface area contributed by atoms with E-state index in [0.717, 1.165) is 22.8 Å². The van der Waals surface area contributed by atoms with Gasteiger partial charge in [0.1, 0.15) is 0 Å². The Kier molecular flexibility index (Phi) is 8.21. The molecule has 0 heterocycles. The molecule has 1 aromatic carbocycles. The maximum absolute atomic E-state index is 12.4. The van der Waals surface area contributed by atoms with E-state index in [1.165, 1.54) is 6.20 Å². The Labute approximate surface area is 163 Å². The van der Waals surface area contributed by atoms with Crippen LogP contribution < -0.4 is 10.0 Å². The molecule has 0 bridgehead atoms. The summed E-state index contributed by atoms with van der Waals surface area (Å²) in [6.07, 6.45) is 2.47. The molecule has 0 saturated heterocycles. The summed E-state index contributed by atoms with van der Waals surface area (Å²) in [6.45, 7) is 11.9. The molecule has 6 nitrogen and oxygen atoms in total. The van der Waals surface area contributed by atoms with Crippen molar-refractivity contribution in [3.05, 3.63) is 47.2 Å². The first-order valence-corrected chi connectivity index (χ1v) is 10.6. The normalized spacial score (nSPS) is 12.2. The quantitative estimate of drug-likeness (QED) is 0.488. The zero-order valence-electron chi connectivity index (χ0n) is 17.0. The van der Waals surface area contributed by atoms with Crippen LogP contribution in [0.15, 0.2) is 30.5 Å². The number of amides is 1. The first kappa shape index (κ1) is 22.9. The Morgan fingerprint density at radius 2 is 1.59 bits per heavy atom. The summed E-state index contributed by atoms with van der Waals surface area (Å²) < 4.78 is 26.4. The lowest BCUT2D eigenvalue weighted by molar-refractivity contribution is -0.118. The van der Waals surface area contributed by atoms with Gasteiger partial charge in [0.05, 0.1) is 6.42 Å². The van der Waals surface area contributed by atoms with Crippen LogP contribution in [0.5, 0.6) is 0 Å². The smallest absolute Gasteiger partial charge is 0.280 e. The minimum Gasteiger partial charge on any atom is -0.389 e. The minimum atomic E-state index is -4.19. The summed E-state index contributed by atoms with van der Waals surface area (Å²) in [6, 6.07) is 6.02. The molecule has 3 N–H and O–H groups in total. The highest BCUT2D eigenvalue weighted by atomic mass is 32.2. The lowest BCUT2D eigenvalue weighted by atomic mass is 9.87. The van der Waals surface area contributed by atoms with Crippen LogP contribution in [0.25, 0.3) is 0 Å². The van der Waals surface area contributed by atoms with Gasteiger partial charge in [0.25, 0.3) is 10.0 Å². The van der Waals surface area contributed by atoms with E-state index in [4.69, 9.17) is 5.41 Å². The van der Waals surface area contributed by atoms with Crippen molar-refractivity contribution in [2.45, 2.75) is 65.8 Å². The van der Waals surface area contributed by atoms with Gasteiger partial charge in [0.2, 0.25) is 5.91 Å². The van der Waals surface area contributed by atoms with Gasteiger partial charge in [-0.2, -0.15) is 8.42 Å². The van der Waals surface area contributed by atoms with Crippen LogP contribution in [0, 0.1) is 5.41 Å². The van der Waals surface area contributed by atoms with Crippen molar-refractivity contribution in [2.75, 3.05) is 0 Å². The molecule has 1 rings (SSSR count). The molecule has 0 atom stereocenters. The highest BCUT2D eigenvalue weighted by Gasteiger charge is 2.22. The fraction of sp³-hybridized carbons (Fsp3) is 0.500. The molecular weight excluding hydrogens is 362 g/mol. The number of benzene rings is 1. The number of sulfonamides is 1. The van der Waals surface area contributed by atoms with E-state index < -0.39 is 21.0 Å². The molecule has 0 spiro atoms. The molecular formula is C20H31N3O3S. The van der Waals surface area contributed by atoms with Crippen LogP contribution in [0.2, 0.25) is 0 Å². The van der Waals surface area contributed by atoms with E-state index in [1.54, 1.807) is 0 Å². The van der Waals surface area contributed by atoms with Crippen LogP contribution >= 0.6 is 0 Å². The van der Waals surface area contributed by atoms with E-state index >= 15 is 0 Å². The number of hydrogen-bond acceptors (Lipinski definition) is 5. The van der Waals surface area contributed by atoms with Crippen LogP contribution in [0.3, 0.4) is 0 Å². The number of nitrogens with one attached hydrogen (secondary N) is 3. The number of rotatable bonds is 7. The van der Waals surface area contributed by atoms with Gasteiger partial charge >= 0.3 is 0 Å². The molecule has 27 heavy (non-hydrogen) atoms. The molecule has 7 heteroatoms. The predicted octanol–water partition coefficient (Wildman–Crippen LogP) is 3.41. The van der Waals surface area contributed by atoms with Gasteiger partial charge in [-0.1, -0.05) is 45.9 Å². The summed E-state index contributed by atoms with van der Waals surface area (Å²) in [7, 11) is -4.19. The Morgan fingerprint density at radius 3 is 2.04 bits per heavy atom. The zero-order valence-corrected chi connectivity index (χ0v) is 17.8. The van der Waals surface area contributed by atoms with Gasteiger partial charge in [0.15, 0.2) is 5.04 Å². The van der Waals surface area contributed by atoms with Gasteiger partial charge in [-0.3, -0.25) is 10.2 Å². The first-order valence-electron chi connectivity index (χ1n) is 9.14. The standard InChI is InChI=1S/C20H31N3O3S/c1-13(2)16-8-7-9-17(14(3)4)18(16)12-20(24)23-27(25,26)19(21)10-11-22-15(5)6/h7-11,13-15,21-22H,12H2,1-6H3,(H,23,24)/b11-10-,21-19?. The second kappa shape index (κ2) is 9.69. The molecule has 0 saturated carbocycles. The molecule has 1 aromatic rings. The molecule has 0 fully saturated rings. The molecule has 0 unspecified atom stereocenters. The van der Waals surface area contributed by atoms with Crippen molar-refractivity contribution < 1.29 is 13.2 Å². The average Bonchev–Trinajstić information content (AvgIpc) is 2.53. The SMILES string of the molecule is CC(C)N/C=C\C(=N)S(=O)(=O)NC(=O)Cc1c(C(C)C)cccc1C(C)C. The summed E-state index contributed by atoms with van der Waals surface area (Å²) in [5.74, 6) is -0.210.